The standard InChI is InChI=1S/C20H19F4NOS/c1-11-2-5-14(6-3-11)27-18-8-12(4-7-15(18)21)20(26)25-13-9-16(22)19(24)17(23)10-13/h4,7-11,14H,2-3,5-6H2,1H3,(H,25,26). The lowest BCUT2D eigenvalue weighted by molar-refractivity contribution is 0.102. The van der Waals surface area contributed by atoms with Gasteiger partial charge in [-0.25, -0.2) is 17.6 Å². The van der Waals surface area contributed by atoms with Crippen molar-refractivity contribution in [1.82, 2.24) is 0 Å². The van der Waals surface area contributed by atoms with Crippen LogP contribution in [-0.4, -0.2) is 11.2 Å². The predicted molar refractivity (Wildman–Crippen MR) is 97.9 cm³/mol. The molecule has 1 fully saturated rings. The third-order valence-electron chi connectivity index (χ3n) is 4.69. The average molecular weight is 397 g/mol. The summed E-state index contributed by atoms with van der Waals surface area (Å²) in [5, 5.41) is 2.61. The van der Waals surface area contributed by atoms with Gasteiger partial charge in [0.05, 0.1) is 0 Å². The molecule has 0 spiro atoms. The van der Waals surface area contributed by atoms with Gasteiger partial charge in [-0.3, -0.25) is 4.79 Å². The fourth-order valence-electron chi connectivity index (χ4n) is 3.09. The molecule has 0 radical (unpaired) electrons. The highest BCUT2D eigenvalue weighted by Crippen LogP contribution is 2.37. The van der Waals surface area contributed by atoms with E-state index in [1.807, 2.05) is 0 Å². The summed E-state index contributed by atoms with van der Waals surface area (Å²) in [4.78, 5) is 12.7. The molecule has 2 nitrogen and oxygen atoms in total. The minimum Gasteiger partial charge on any atom is -0.322 e. The molecule has 1 saturated carbocycles. The molecule has 0 atom stereocenters. The molecular formula is C20H19F4NOS. The van der Waals surface area contributed by atoms with Gasteiger partial charge in [-0.1, -0.05) is 6.92 Å². The van der Waals surface area contributed by atoms with Gasteiger partial charge in [-0.2, -0.15) is 0 Å². The normalized spacial score (nSPS) is 19.7. The summed E-state index contributed by atoms with van der Waals surface area (Å²) in [5.41, 5.74) is -0.0515. The monoisotopic (exact) mass is 397 g/mol. The molecule has 144 valence electrons. The highest BCUT2D eigenvalue weighted by atomic mass is 32.2. The smallest absolute Gasteiger partial charge is 0.255 e. The Labute approximate surface area is 159 Å². The van der Waals surface area contributed by atoms with Crippen LogP contribution in [0, 0.1) is 29.2 Å². The maximum atomic E-state index is 14.1. The molecule has 0 bridgehead atoms. The zero-order valence-electron chi connectivity index (χ0n) is 14.7. The Balaban J connectivity index is 1.74. The molecule has 2 aromatic rings. The number of carbonyl (C=O) groups is 1. The molecule has 0 aliphatic heterocycles. The van der Waals surface area contributed by atoms with Crippen LogP contribution in [0.4, 0.5) is 23.2 Å². The van der Waals surface area contributed by atoms with Gasteiger partial charge in [0.25, 0.3) is 5.91 Å². The molecule has 0 heterocycles. The molecule has 7 heteroatoms. The first-order valence-corrected chi connectivity index (χ1v) is 9.63. The minimum atomic E-state index is -1.60. The number of nitrogens with one attached hydrogen (secondary N) is 1. The van der Waals surface area contributed by atoms with Crippen molar-refractivity contribution in [2.24, 2.45) is 5.92 Å². The van der Waals surface area contributed by atoms with Crippen molar-refractivity contribution < 1.29 is 22.4 Å². The van der Waals surface area contributed by atoms with Crippen LogP contribution < -0.4 is 5.32 Å². The zero-order valence-corrected chi connectivity index (χ0v) is 15.5. The number of carbonyl (C=O) groups excluding carboxylic acids is 1. The van der Waals surface area contributed by atoms with Crippen molar-refractivity contribution in [1.29, 1.82) is 0 Å². The molecule has 27 heavy (non-hydrogen) atoms. The van der Waals surface area contributed by atoms with Crippen molar-refractivity contribution in [3.63, 3.8) is 0 Å². The van der Waals surface area contributed by atoms with Gasteiger partial charge in [0, 0.05) is 33.5 Å². The molecule has 2 aromatic carbocycles. The summed E-state index contributed by atoms with van der Waals surface area (Å²) in [7, 11) is 0. The summed E-state index contributed by atoms with van der Waals surface area (Å²) in [6.07, 6.45) is 4.19. The quantitative estimate of drug-likeness (QED) is 0.494. The van der Waals surface area contributed by atoms with E-state index in [1.54, 1.807) is 0 Å². The second kappa shape index (κ2) is 8.33. The Hall–Kier alpha value is -2.02. The second-order valence-electron chi connectivity index (χ2n) is 6.85. The van der Waals surface area contributed by atoms with E-state index in [0.29, 0.717) is 28.2 Å². The molecule has 1 N–H and O–H groups in total. The Morgan fingerprint density at radius 3 is 2.22 bits per heavy atom. The summed E-state index contributed by atoms with van der Waals surface area (Å²) < 4.78 is 53.7. The van der Waals surface area contributed by atoms with Crippen LogP contribution in [0.3, 0.4) is 0 Å². The van der Waals surface area contributed by atoms with Gasteiger partial charge in [0.15, 0.2) is 17.5 Å². The number of rotatable bonds is 4. The van der Waals surface area contributed by atoms with E-state index in [9.17, 15) is 22.4 Å². The summed E-state index contributed by atoms with van der Waals surface area (Å²) in [5.74, 6) is -4.77. The van der Waals surface area contributed by atoms with E-state index in [2.05, 4.69) is 12.2 Å². The largest absolute Gasteiger partial charge is 0.322 e. The van der Waals surface area contributed by atoms with E-state index in [-0.39, 0.29) is 11.3 Å². The number of benzene rings is 2. The van der Waals surface area contributed by atoms with E-state index < -0.39 is 29.2 Å². The summed E-state index contributed by atoms with van der Waals surface area (Å²) in [6, 6.07) is 5.32. The number of halogens is 4. The maximum absolute atomic E-state index is 14.1. The molecule has 1 aliphatic rings. The lowest BCUT2D eigenvalue weighted by Crippen LogP contribution is -2.15. The van der Waals surface area contributed by atoms with Gasteiger partial charge in [-0.15, -0.1) is 11.8 Å². The van der Waals surface area contributed by atoms with Crippen LogP contribution in [0.5, 0.6) is 0 Å². The van der Waals surface area contributed by atoms with Crippen LogP contribution in [-0.2, 0) is 0 Å². The van der Waals surface area contributed by atoms with E-state index in [4.69, 9.17) is 0 Å². The van der Waals surface area contributed by atoms with Crippen LogP contribution in [0.25, 0.3) is 0 Å². The van der Waals surface area contributed by atoms with Crippen molar-refractivity contribution in [3.8, 4) is 0 Å². The first-order valence-electron chi connectivity index (χ1n) is 8.75. The topological polar surface area (TPSA) is 29.1 Å². The SMILES string of the molecule is CC1CCC(Sc2cc(C(=O)Nc3cc(F)c(F)c(F)c3)ccc2F)CC1. The second-order valence-corrected chi connectivity index (χ2v) is 8.20. The van der Waals surface area contributed by atoms with E-state index in [0.717, 1.165) is 25.7 Å². The third kappa shape index (κ3) is 4.83. The first kappa shape index (κ1) is 19.7. The molecular weight excluding hydrogens is 378 g/mol. The number of amides is 1. The molecule has 0 unspecified atom stereocenters. The van der Waals surface area contributed by atoms with Crippen molar-refractivity contribution in [2.45, 2.75) is 42.8 Å². The summed E-state index contributed by atoms with van der Waals surface area (Å²) >= 11 is 1.41. The molecule has 0 aromatic heterocycles. The van der Waals surface area contributed by atoms with Gasteiger partial charge in [0.2, 0.25) is 0 Å². The van der Waals surface area contributed by atoms with Gasteiger partial charge in [-0.05, 0) is 49.8 Å². The molecule has 1 aliphatic carbocycles. The predicted octanol–water partition coefficient (Wildman–Crippen LogP) is 6.17. The maximum Gasteiger partial charge on any atom is 0.255 e. The van der Waals surface area contributed by atoms with E-state index in [1.165, 1.54) is 30.0 Å². The van der Waals surface area contributed by atoms with Crippen molar-refractivity contribution in [3.05, 3.63) is 59.2 Å². The van der Waals surface area contributed by atoms with Crippen LogP contribution >= 0.6 is 11.8 Å². The lowest BCUT2D eigenvalue weighted by Gasteiger charge is -2.25. The third-order valence-corrected chi connectivity index (χ3v) is 6.06. The van der Waals surface area contributed by atoms with Gasteiger partial charge >= 0.3 is 0 Å². The van der Waals surface area contributed by atoms with Gasteiger partial charge < -0.3 is 5.32 Å². The average Bonchev–Trinajstić information content (AvgIpc) is 2.63. The molecule has 1 amide bonds. The number of anilines is 1. The Bertz CT molecular complexity index is 827. The number of thioether (sulfide) groups is 1. The number of hydrogen-bond donors (Lipinski definition) is 1. The van der Waals surface area contributed by atoms with Gasteiger partial charge in [0.1, 0.15) is 5.82 Å². The summed E-state index contributed by atoms with van der Waals surface area (Å²) in [6.45, 7) is 2.20. The van der Waals surface area contributed by atoms with Crippen LogP contribution in [0.15, 0.2) is 35.2 Å². The van der Waals surface area contributed by atoms with Crippen molar-refractivity contribution in [2.75, 3.05) is 5.32 Å². The molecule has 0 saturated heterocycles. The Kier molecular flexibility index (Phi) is 6.09. The zero-order chi connectivity index (χ0) is 19.6. The van der Waals surface area contributed by atoms with Crippen LogP contribution in [0.1, 0.15) is 43.0 Å². The molecule has 3 rings (SSSR count). The Morgan fingerprint density at radius 1 is 0.963 bits per heavy atom. The highest BCUT2D eigenvalue weighted by molar-refractivity contribution is 8.00. The fourth-order valence-corrected chi connectivity index (χ4v) is 4.34. The Morgan fingerprint density at radius 2 is 1.59 bits per heavy atom. The van der Waals surface area contributed by atoms with Crippen molar-refractivity contribution >= 4 is 23.4 Å². The number of hydrogen-bond acceptors (Lipinski definition) is 2. The first-order chi connectivity index (χ1) is 12.8. The minimum absolute atomic E-state index is 0.160. The van der Waals surface area contributed by atoms with E-state index >= 15 is 0 Å². The van der Waals surface area contributed by atoms with Crippen LogP contribution in [0.2, 0.25) is 0 Å². The fraction of sp³-hybridized carbons (Fsp3) is 0.350. The highest BCUT2D eigenvalue weighted by Gasteiger charge is 2.21. The lowest BCUT2D eigenvalue weighted by atomic mass is 9.91.